The fourth-order valence-electron chi connectivity index (χ4n) is 2.55. The molecular weight excluding hydrogens is 230 g/mol. The zero-order chi connectivity index (χ0) is 13.4. The van der Waals surface area contributed by atoms with Crippen molar-refractivity contribution in [2.24, 2.45) is 16.8 Å². The van der Waals surface area contributed by atoms with Crippen LogP contribution in [0.2, 0.25) is 0 Å². The lowest BCUT2D eigenvalue weighted by atomic mass is 9.88. The van der Waals surface area contributed by atoms with Crippen LogP contribution in [0.3, 0.4) is 0 Å². The minimum absolute atomic E-state index is 0.250. The van der Waals surface area contributed by atoms with Crippen LogP contribution >= 0.6 is 0 Å². The average Bonchev–Trinajstić information content (AvgIpc) is 2.52. The van der Waals surface area contributed by atoms with Crippen LogP contribution in [0.1, 0.15) is 45.4 Å². The smallest absolute Gasteiger partial charge is 0.237 e. The molecule has 102 valence electrons. The van der Waals surface area contributed by atoms with Gasteiger partial charge in [0.1, 0.15) is 0 Å². The van der Waals surface area contributed by atoms with E-state index in [4.69, 9.17) is 11.3 Å². The van der Waals surface area contributed by atoms with Crippen molar-refractivity contribution in [3.05, 3.63) is 10.4 Å². The van der Waals surface area contributed by atoms with Gasteiger partial charge < -0.3 is 11.1 Å². The fraction of sp³-hybridized carbons (Fsp3) is 0.917. The van der Waals surface area contributed by atoms with Gasteiger partial charge in [-0.2, -0.15) is 0 Å². The topological polar surface area (TPSA) is 104 Å². The standard InChI is InChI=1S/C12H23N5O/c1-10-4-2-6-12(7-5-10,11(13)18)15-8-3-9-16-17-14/h10,15H,2-9H2,1H3,(H2,13,18). The minimum Gasteiger partial charge on any atom is -0.368 e. The SMILES string of the molecule is CC1CCCC(NCCCN=[N+]=[N-])(C(N)=O)CC1. The first-order chi connectivity index (χ1) is 8.60. The summed E-state index contributed by atoms with van der Waals surface area (Å²) in [6, 6.07) is 0. The Balaban J connectivity index is 2.51. The lowest BCUT2D eigenvalue weighted by Crippen LogP contribution is -2.55. The summed E-state index contributed by atoms with van der Waals surface area (Å²) in [5, 5.41) is 6.77. The molecule has 1 aliphatic rings. The van der Waals surface area contributed by atoms with E-state index in [9.17, 15) is 4.79 Å². The van der Waals surface area contributed by atoms with E-state index in [0.29, 0.717) is 19.0 Å². The Morgan fingerprint density at radius 3 is 3.00 bits per heavy atom. The molecule has 2 unspecified atom stereocenters. The number of nitrogens with two attached hydrogens (primary N) is 1. The van der Waals surface area contributed by atoms with Gasteiger partial charge in [0.2, 0.25) is 5.91 Å². The van der Waals surface area contributed by atoms with Crippen molar-refractivity contribution in [2.45, 2.75) is 51.0 Å². The molecule has 1 amide bonds. The van der Waals surface area contributed by atoms with Crippen molar-refractivity contribution >= 4 is 5.91 Å². The summed E-state index contributed by atoms with van der Waals surface area (Å²) in [5.41, 5.74) is 13.2. The number of azide groups is 1. The molecule has 0 spiro atoms. The average molecular weight is 253 g/mol. The maximum absolute atomic E-state index is 11.7. The predicted octanol–water partition coefficient (Wildman–Crippen LogP) is 2.10. The Hall–Kier alpha value is -1.26. The maximum Gasteiger partial charge on any atom is 0.237 e. The zero-order valence-electron chi connectivity index (χ0n) is 11.1. The van der Waals surface area contributed by atoms with E-state index in [-0.39, 0.29) is 5.91 Å². The van der Waals surface area contributed by atoms with Gasteiger partial charge in [0, 0.05) is 11.5 Å². The molecule has 6 heteroatoms. The van der Waals surface area contributed by atoms with E-state index in [1.54, 1.807) is 0 Å². The van der Waals surface area contributed by atoms with Crippen LogP contribution in [0.4, 0.5) is 0 Å². The van der Waals surface area contributed by atoms with E-state index < -0.39 is 5.54 Å². The first-order valence-electron chi connectivity index (χ1n) is 6.66. The molecule has 1 saturated carbocycles. The summed E-state index contributed by atoms with van der Waals surface area (Å²) in [7, 11) is 0. The first kappa shape index (κ1) is 14.8. The molecule has 0 radical (unpaired) electrons. The largest absolute Gasteiger partial charge is 0.368 e. The molecule has 0 aromatic heterocycles. The van der Waals surface area contributed by atoms with Gasteiger partial charge in [-0.25, -0.2) is 0 Å². The van der Waals surface area contributed by atoms with Gasteiger partial charge in [-0.05, 0) is 43.7 Å². The van der Waals surface area contributed by atoms with Crippen molar-refractivity contribution in [2.75, 3.05) is 13.1 Å². The van der Waals surface area contributed by atoms with Crippen molar-refractivity contribution in [3.63, 3.8) is 0 Å². The van der Waals surface area contributed by atoms with Crippen molar-refractivity contribution in [1.82, 2.24) is 5.32 Å². The van der Waals surface area contributed by atoms with Gasteiger partial charge in [0.05, 0.1) is 5.54 Å². The molecule has 1 fully saturated rings. The van der Waals surface area contributed by atoms with Crippen molar-refractivity contribution in [1.29, 1.82) is 0 Å². The molecule has 0 aromatic rings. The highest BCUT2D eigenvalue weighted by Crippen LogP contribution is 2.30. The second kappa shape index (κ2) is 7.24. The van der Waals surface area contributed by atoms with Crippen LogP contribution in [0.25, 0.3) is 10.4 Å². The number of nitrogens with zero attached hydrogens (tertiary/aromatic N) is 3. The monoisotopic (exact) mass is 253 g/mol. The minimum atomic E-state index is -0.554. The van der Waals surface area contributed by atoms with Crippen LogP contribution in [-0.2, 0) is 4.79 Å². The van der Waals surface area contributed by atoms with Gasteiger partial charge in [-0.15, -0.1) is 0 Å². The second-order valence-corrected chi connectivity index (χ2v) is 5.22. The highest BCUT2D eigenvalue weighted by molar-refractivity contribution is 5.84. The molecule has 0 bridgehead atoms. The Labute approximate surface area is 108 Å². The number of carbonyl (C=O) groups excluding carboxylic acids is 1. The first-order valence-corrected chi connectivity index (χ1v) is 6.66. The molecule has 18 heavy (non-hydrogen) atoms. The van der Waals surface area contributed by atoms with Gasteiger partial charge in [0.15, 0.2) is 0 Å². The van der Waals surface area contributed by atoms with Crippen LogP contribution in [0.5, 0.6) is 0 Å². The molecule has 0 saturated heterocycles. The van der Waals surface area contributed by atoms with Crippen molar-refractivity contribution in [3.8, 4) is 0 Å². The Morgan fingerprint density at radius 1 is 1.56 bits per heavy atom. The Kier molecular flexibility index (Phi) is 5.95. The summed E-state index contributed by atoms with van der Waals surface area (Å²) in [4.78, 5) is 14.4. The Morgan fingerprint density at radius 2 is 2.33 bits per heavy atom. The second-order valence-electron chi connectivity index (χ2n) is 5.22. The van der Waals surface area contributed by atoms with Gasteiger partial charge in [-0.3, -0.25) is 4.79 Å². The maximum atomic E-state index is 11.7. The van der Waals surface area contributed by atoms with Crippen LogP contribution in [-0.4, -0.2) is 24.5 Å². The Bertz CT molecular complexity index is 326. The summed E-state index contributed by atoms with van der Waals surface area (Å²) in [6.45, 7) is 3.34. The van der Waals surface area contributed by atoms with E-state index >= 15 is 0 Å². The van der Waals surface area contributed by atoms with Crippen LogP contribution in [0, 0.1) is 5.92 Å². The lowest BCUT2D eigenvalue weighted by molar-refractivity contribution is -0.125. The molecule has 0 aromatic carbocycles. The number of primary amides is 1. The van der Waals surface area contributed by atoms with E-state index in [0.717, 1.165) is 38.5 Å². The third-order valence-electron chi connectivity index (χ3n) is 3.80. The fourth-order valence-corrected chi connectivity index (χ4v) is 2.55. The van der Waals surface area contributed by atoms with Crippen LogP contribution < -0.4 is 11.1 Å². The molecule has 2 atom stereocenters. The molecular formula is C12H23N5O. The summed E-state index contributed by atoms with van der Waals surface area (Å²) >= 11 is 0. The highest BCUT2D eigenvalue weighted by atomic mass is 16.1. The number of nitrogens with one attached hydrogen (secondary N) is 1. The van der Waals surface area contributed by atoms with Gasteiger partial charge in [-0.1, -0.05) is 24.9 Å². The quantitative estimate of drug-likeness (QED) is 0.249. The summed E-state index contributed by atoms with van der Waals surface area (Å²) in [5.74, 6) is 0.414. The number of hydrogen-bond acceptors (Lipinski definition) is 3. The number of rotatable bonds is 6. The number of hydrogen-bond donors (Lipinski definition) is 2. The summed E-state index contributed by atoms with van der Waals surface area (Å²) < 4.78 is 0. The molecule has 1 rings (SSSR count). The molecule has 3 N–H and O–H groups in total. The van der Waals surface area contributed by atoms with E-state index in [2.05, 4.69) is 22.3 Å². The third-order valence-corrected chi connectivity index (χ3v) is 3.80. The molecule has 0 aliphatic heterocycles. The molecule has 6 nitrogen and oxygen atoms in total. The molecule has 1 aliphatic carbocycles. The zero-order valence-corrected chi connectivity index (χ0v) is 11.1. The van der Waals surface area contributed by atoms with Crippen molar-refractivity contribution < 1.29 is 4.79 Å². The normalized spacial score (nSPS) is 28.2. The lowest BCUT2D eigenvalue weighted by Gasteiger charge is -2.30. The van der Waals surface area contributed by atoms with Crippen LogP contribution in [0.15, 0.2) is 5.11 Å². The molecule has 0 heterocycles. The van der Waals surface area contributed by atoms with E-state index in [1.165, 1.54) is 0 Å². The van der Waals surface area contributed by atoms with E-state index in [1.807, 2.05) is 0 Å². The third kappa shape index (κ3) is 4.20. The summed E-state index contributed by atoms with van der Waals surface area (Å²) in [6.07, 6.45) is 5.59. The van der Waals surface area contributed by atoms with Gasteiger partial charge in [0.25, 0.3) is 0 Å². The van der Waals surface area contributed by atoms with Gasteiger partial charge >= 0.3 is 0 Å². The number of amides is 1. The predicted molar refractivity (Wildman–Crippen MR) is 70.8 cm³/mol. The number of carbonyl (C=O) groups is 1. The highest BCUT2D eigenvalue weighted by Gasteiger charge is 2.37.